The molecule has 2 heterocycles. The number of benzene rings is 2. The standard InChI is InChI=1S/C24H22N2O2S2/c1-16-13-19(17(2)26(16)20-9-11-21(28-3)12-10-20)14-22-23(27)25(24(29)30-22)15-18-7-5-4-6-8-18/h4-14H,15H2,1-3H3. The van der Waals surface area contributed by atoms with E-state index in [1.807, 2.05) is 60.7 Å². The van der Waals surface area contributed by atoms with Crippen molar-refractivity contribution in [3.05, 3.63) is 88.1 Å². The molecule has 0 unspecified atom stereocenters. The Morgan fingerprint density at radius 2 is 1.77 bits per heavy atom. The summed E-state index contributed by atoms with van der Waals surface area (Å²) in [5.41, 5.74) is 5.31. The van der Waals surface area contributed by atoms with E-state index in [1.54, 1.807) is 12.0 Å². The molecule has 0 N–H and O–H groups in total. The highest BCUT2D eigenvalue weighted by Gasteiger charge is 2.32. The highest BCUT2D eigenvalue weighted by molar-refractivity contribution is 8.26. The van der Waals surface area contributed by atoms with Gasteiger partial charge in [-0.25, -0.2) is 0 Å². The molecule has 4 nitrogen and oxygen atoms in total. The maximum absolute atomic E-state index is 13.0. The zero-order valence-electron chi connectivity index (χ0n) is 17.1. The largest absolute Gasteiger partial charge is 0.497 e. The van der Waals surface area contributed by atoms with Gasteiger partial charge in [0, 0.05) is 17.1 Å². The molecule has 1 amide bonds. The van der Waals surface area contributed by atoms with Crippen molar-refractivity contribution in [2.45, 2.75) is 20.4 Å². The van der Waals surface area contributed by atoms with Gasteiger partial charge >= 0.3 is 0 Å². The quantitative estimate of drug-likeness (QED) is 0.392. The van der Waals surface area contributed by atoms with Crippen LogP contribution in [-0.2, 0) is 11.3 Å². The molecule has 0 bridgehead atoms. The first-order chi connectivity index (χ1) is 14.5. The van der Waals surface area contributed by atoms with Gasteiger partial charge in [-0.15, -0.1) is 0 Å². The van der Waals surface area contributed by atoms with Gasteiger partial charge < -0.3 is 9.30 Å². The number of amides is 1. The minimum Gasteiger partial charge on any atom is -0.497 e. The number of rotatable bonds is 5. The van der Waals surface area contributed by atoms with E-state index in [1.165, 1.54) is 11.8 Å². The molecule has 1 fully saturated rings. The molecule has 3 aromatic rings. The van der Waals surface area contributed by atoms with Crippen LogP contribution in [-0.4, -0.2) is 26.8 Å². The molecular formula is C24H22N2O2S2. The number of carbonyl (C=O) groups is 1. The summed E-state index contributed by atoms with van der Waals surface area (Å²) in [5.74, 6) is 0.784. The predicted octanol–water partition coefficient (Wildman–Crippen LogP) is 5.50. The summed E-state index contributed by atoms with van der Waals surface area (Å²) in [6.45, 7) is 4.62. The van der Waals surface area contributed by atoms with Crippen molar-refractivity contribution >= 4 is 40.3 Å². The van der Waals surface area contributed by atoms with Crippen LogP contribution in [0.5, 0.6) is 5.75 Å². The first kappa shape index (κ1) is 20.4. The molecule has 1 aromatic heterocycles. The van der Waals surface area contributed by atoms with Gasteiger partial charge in [-0.3, -0.25) is 9.69 Å². The Kier molecular flexibility index (Phi) is 5.79. The van der Waals surface area contributed by atoms with E-state index < -0.39 is 0 Å². The summed E-state index contributed by atoms with van der Waals surface area (Å²) < 4.78 is 8.03. The second kappa shape index (κ2) is 8.50. The fraction of sp³-hybridized carbons (Fsp3) is 0.167. The number of aromatic nitrogens is 1. The minimum absolute atomic E-state index is 0.0388. The summed E-state index contributed by atoms with van der Waals surface area (Å²) >= 11 is 6.85. The molecule has 1 aliphatic heterocycles. The fourth-order valence-electron chi connectivity index (χ4n) is 3.61. The van der Waals surface area contributed by atoms with Gasteiger partial charge in [0.25, 0.3) is 5.91 Å². The van der Waals surface area contributed by atoms with E-state index in [0.717, 1.165) is 34.0 Å². The lowest BCUT2D eigenvalue weighted by atomic mass is 10.2. The van der Waals surface area contributed by atoms with Gasteiger partial charge in [0.05, 0.1) is 18.6 Å². The van der Waals surface area contributed by atoms with E-state index in [0.29, 0.717) is 15.8 Å². The van der Waals surface area contributed by atoms with Gasteiger partial charge in [-0.2, -0.15) is 0 Å². The molecule has 0 saturated carbocycles. The Morgan fingerprint density at radius 3 is 2.43 bits per heavy atom. The van der Waals surface area contributed by atoms with Gasteiger partial charge in [-0.1, -0.05) is 54.3 Å². The first-order valence-corrected chi connectivity index (χ1v) is 10.8. The Balaban J connectivity index is 1.62. The Labute approximate surface area is 186 Å². The smallest absolute Gasteiger partial charge is 0.266 e. The van der Waals surface area contributed by atoms with Crippen LogP contribution in [0.2, 0.25) is 0 Å². The zero-order chi connectivity index (χ0) is 21.3. The highest BCUT2D eigenvalue weighted by atomic mass is 32.2. The van der Waals surface area contributed by atoms with Crippen molar-refractivity contribution in [2.24, 2.45) is 0 Å². The second-order valence-electron chi connectivity index (χ2n) is 7.11. The van der Waals surface area contributed by atoms with Crippen molar-refractivity contribution in [3.63, 3.8) is 0 Å². The lowest BCUT2D eigenvalue weighted by Crippen LogP contribution is -2.27. The number of hydrogen-bond donors (Lipinski definition) is 0. The van der Waals surface area contributed by atoms with Gasteiger partial charge in [0.1, 0.15) is 10.1 Å². The van der Waals surface area contributed by atoms with Crippen LogP contribution in [0, 0.1) is 13.8 Å². The summed E-state index contributed by atoms with van der Waals surface area (Å²) in [4.78, 5) is 15.3. The minimum atomic E-state index is -0.0388. The predicted molar refractivity (Wildman–Crippen MR) is 127 cm³/mol. The molecule has 152 valence electrons. The van der Waals surface area contributed by atoms with Crippen LogP contribution in [0.15, 0.2) is 65.6 Å². The molecule has 0 spiro atoms. The maximum Gasteiger partial charge on any atom is 0.266 e. The number of thiocarbonyl (C=S) groups is 1. The number of nitrogens with zero attached hydrogens (tertiary/aromatic N) is 2. The van der Waals surface area contributed by atoms with Crippen LogP contribution >= 0.6 is 24.0 Å². The van der Waals surface area contributed by atoms with E-state index in [4.69, 9.17) is 17.0 Å². The number of aryl methyl sites for hydroxylation is 1. The van der Waals surface area contributed by atoms with E-state index >= 15 is 0 Å². The topological polar surface area (TPSA) is 34.5 Å². The Hall–Kier alpha value is -2.83. The summed E-state index contributed by atoms with van der Waals surface area (Å²) in [5, 5.41) is 0. The van der Waals surface area contributed by atoms with Gasteiger partial charge in [-0.05, 0) is 61.4 Å². The number of ether oxygens (including phenoxy) is 1. The molecule has 6 heteroatoms. The van der Waals surface area contributed by atoms with Crippen molar-refractivity contribution in [1.29, 1.82) is 0 Å². The number of hydrogen-bond acceptors (Lipinski definition) is 4. The van der Waals surface area contributed by atoms with Crippen LogP contribution < -0.4 is 4.74 Å². The molecule has 2 aromatic carbocycles. The van der Waals surface area contributed by atoms with Crippen LogP contribution in [0.1, 0.15) is 22.5 Å². The number of methoxy groups -OCH3 is 1. The summed E-state index contributed by atoms with van der Waals surface area (Å²) in [6.07, 6.45) is 1.95. The molecule has 1 aliphatic rings. The average Bonchev–Trinajstić information content (AvgIpc) is 3.18. The van der Waals surface area contributed by atoms with Crippen molar-refractivity contribution in [3.8, 4) is 11.4 Å². The van der Waals surface area contributed by atoms with Gasteiger partial charge in [0.2, 0.25) is 0 Å². The van der Waals surface area contributed by atoms with Crippen molar-refractivity contribution < 1.29 is 9.53 Å². The van der Waals surface area contributed by atoms with E-state index in [9.17, 15) is 4.79 Å². The van der Waals surface area contributed by atoms with E-state index in [2.05, 4.69) is 24.5 Å². The van der Waals surface area contributed by atoms with E-state index in [-0.39, 0.29) is 5.91 Å². The first-order valence-electron chi connectivity index (χ1n) is 9.60. The number of carbonyl (C=O) groups excluding carboxylic acids is 1. The fourth-order valence-corrected chi connectivity index (χ4v) is 4.85. The molecule has 4 rings (SSSR count). The van der Waals surface area contributed by atoms with Crippen LogP contribution in [0.25, 0.3) is 11.8 Å². The second-order valence-corrected chi connectivity index (χ2v) is 8.79. The van der Waals surface area contributed by atoms with Crippen molar-refractivity contribution in [1.82, 2.24) is 9.47 Å². The lowest BCUT2D eigenvalue weighted by molar-refractivity contribution is -0.122. The maximum atomic E-state index is 13.0. The molecular weight excluding hydrogens is 412 g/mol. The summed E-state index contributed by atoms with van der Waals surface area (Å²) in [7, 11) is 1.66. The lowest BCUT2D eigenvalue weighted by Gasteiger charge is -2.14. The molecule has 0 aliphatic carbocycles. The Morgan fingerprint density at radius 1 is 1.07 bits per heavy atom. The van der Waals surface area contributed by atoms with Gasteiger partial charge in [0.15, 0.2) is 0 Å². The molecule has 0 atom stereocenters. The monoisotopic (exact) mass is 434 g/mol. The zero-order valence-corrected chi connectivity index (χ0v) is 18.7. The molecule has 1 saturated heterocycles. The third-order valence-corrected chi connectivity index (χ3v) is 6.52. The molecule has 0 radical (unpaired) electrons. The van der Waals surface area contributed by atoms with Crippen LogP contribution in [0.3, 0.4) is 0 Å². The SMILES string of the molecule is COc1ccc(-n2c(C)cc(C=C3SC(=S)N(Cc4ccccc4)C3=O)c2C)cc1. The highest BCUT2D eigenvalue weighted by Crippen LogP contribution is 2.35. The van der Waals surface area contributed by atoms with Crippen molar-refractivity contribution in [2.75, 3.05) is 7.11 Å². The Bertz CT molecular complexity index is 1130. The average molecular weight is 435 g/mol. The normalized spacial score (nSPS) is 15.3. The van der Waals surface area contributed by atoms with Crippen LogP contribution in [0.4, 0.5) is 0 Å². The number of thioether (sulfide) groups is 1. The summed E-state index contributed by atoms with van der Waals surface area (Å²) in [6, 6.07) is 20.0. The third-order valence-electron chi connectivity index (χ3n) is 5.14. The molecule has 30 heavy (non-hydrogen) atoms. The third kappa shape index (κ3) is 3.93.